The first-order valence-corrected chi connectivity index (χ1v) is 8.86. The molecule has 0 radical (unpaired) electrons. The fraction of sp³-hybridized carbons (Fsp3) is 0.294. The van der Waals surface area contributed by atoms with E-state index in [1.807, 2.05) is 36.2 Å². The third-order valence-corrected chi connectivity index (χ3v) is 5.21. The highest BCUT2D eigenvalue weighted by molar-refractivity contribution is 6.29. The third-order valence-electron chi connectivity index (χ3n) is 4.93. The Hall–Kier alpha value is -2.71. The highest BCUT2D eigenvalue weighted by Crippen LogP contribution is 2.27. The normalized spacial score (nSPS) is 19.8. The van der Waals surface area contributed by atoms with Crippen molar-refractivity contribution in [3.63, 3.8) is 0 Å². The molecule has 0 aromatic carbocycles. The van der Waals surface area contributed by atoms with Crippen LogP contribution in [0.4, 0.5) is 5.95 Å². The first-order valence-electron chi connectivity index (χ1n) is 8.48. The average Bonchev–Trinajstić information content (AvgIpc) is 3.21. The molecule has 0 saturated heterocycles. The minimum absolute atomic E-state index is 0.426. The quantitative estimate of drug-likeness (QED) is 0.574. The fourth-order valence-corrected chi connectivity index (χ4v) is 3.52. The van der Waals surface area contributed by atoms with E-state index in [4.69, 9.17) is 11.6 Å². The molecule has 9 heteroatoms. The molecule has 4 heterocycles. The summed E-state index contributed by atoms with van der Waals surface area (Å²) in [5.74, 6) is 1.22. The molecule has 0 aliphatic heterocycles. The van der Waals surface area contributed by atoms with Crippen LogP contribution in [0.5, 0.6) is 0 Å². The SMILES string of the molecule is CNC1CC(Nc2ncc3c(-c4cnc5ncc(Cl)n5c4)ccn3n2)C1. The van der Waals surface area contributed by atoms with Crippen molar-refractivity contribution in [1.29, 1.82) is 0 Å². The van der Waals surface area contributed by atoms with E-state index in [9.17, 15) is 0 Å². The van der Waals surface area contributed by atoms with Gasteiger partial charge in [-0.15, -0.1) is 5.10 Å². The van der Waals surface area contributed by atoms with Crippen LogP contribution in [0.25, 0.3) is 22.4 Å². The Morgan fingerprint density at radius 1 is 1.12 bits per heavy atom. The lowest BCUT2D eigenvalue weighted by Gasteiger charge is -2.35. The molecule has 4 aromatic rings. The van der Waals surface area contributed by atoms with E-state index in [1.54, 1.807) is 16.8 Å². The Labute approximate surface area is 154 Å². The largest absolute Gasteiger partial charge is 0.350 e. The van der Waals surface area contributed by atoms with Crippen molar-refractivity contribution in [3.8, 4) is 11.1 Å². The highest BCUT2D eigenvalue weighted by atomic mass is 35.5. The van der Waals surface area contributed by atoms with Crippen LogP contribution in [0.2, 0.25) is 5.15 Å². The van der Waals surface area contributed by atoms with Crippen LogP contribution in [0.1, 0.15) is 12.8 Å². The summed E-state index contributed by atoms with van der Waals surface area (Å²) in [6, 6.07) is 3.02. The van der Waals surface area contributed by atoms with E-state index in [-0.39, 0.29) is 0 Å². The zero-order chi connectivity index (χ0) is 17.7. The van der Waals surface area contributed by atoms with Gasteiger partial charge in [0.25, 0.3) is 0 Å². The number of fused-ring (bicyclic) bond motifs is 2. The summed E-state index contributed by atoms with van der Waals surface area (Å²) in [5, 5.41) is 11.8. The van der Waals surface area contributed by atoms with Gasteiger partial charge in [-0.05, 0) is 26.0 Å². The van der Waals surface area contributed by atoms with Gasteiger partial charge in [-0.1, -0.05) is 11.6 Å². The second-order valence-corrected chi connectivity index (χ2v) is 6.92. The molecule has 0 spiro atoms. The second-order valence-electron chi connectivity index (χ2n) is 6.53. The van der Waals surface area contributed by atoms with Gasteiger partial charge < -0.3 is 10.6 Å². The van der Waals surface area contributed by atoms with Gasteiger partial charge in [0, 0.05) is 41.8 Å². The molecule has 1 aliphatic carbocycles. The molecule has 2 N–H and O–H groups in total. The van der Waals surface area contributed by atoms with Gasteiger partial charge in [0.05, 0.1) is 17.9 Å². The minimum Gasteiger partial charge on any atom is -0.350 e. The molecule has 5 rings (SSSR count). The summed E-state index contributed by atoms with van der Waals surface area (Å²) < 4.78 is 3.59. The van der Waals surface area contributed by atoms with Crippen molar-refractivity contribution in [2.45, 2.75) is 24.9 Å². The van der Waals surface area contributed by atoms with Crippen LogP contribution >= 0.6 is 11.6 Å². The van der Waals surface area contributed by atoms with Crippen LogP contribution in [0.3, 0.4) is 0 Å². The number of aromatic nitrogens is 6. The van der Waals surface area contributed by atoms with Crippen LogP contribution < -0.4 is 10.6 Å². The third kappa shape index (κ3) is 2.49. The number of nitrogens with zero attached hydrogens (tertiary/aromatic N) is 6. The van der Waals surface area contributed by atoms with Gasteiger partial charge in [0.2, 0.25) is 11.7 Å². The monoisotopic (exact) mass is 368 g/mol. The zero-order valence-corrected chi connectivity index (χ0v) is 14.9. The molecule has 0 bridgehead atoms. The summed E-state index contributed by atoms with van der Waals surface area (Å²) >= 11 is 6.15. The summed E-state index contributed by atoms with van der Waals surface area (Å²) in [4.78, 5) is 13.0. The predicted molar refractivity (Wildman–Crippen MR) is 99.5 cm³/mol. The summed E-state index contributed by atoms with van der Waals surface area (Å²) in [7, 11) is 1.99. The summed E-state index contributed by atoms with van der Waals surface area (Å²) in [5.41, 5.74) is 2.84. The van der Waals surface area contributed by atoms with Crippen LogP contribution in [0, 0.1) is 0 Å². The van der Waals surface area contributed by atoms with Crippen molar-refractivity contribution < 1.29 is 0 Å². The molecular weight excluding hydrogens is 352 g/mol. The van der Waals surface area contributed by atoms with E-state index in [1.165, 1.54) is 0 Å². The van der Waals surface area contributed by atoms with Crippen molar-refractivity contribution in [2.75, 3.05) is 12.4 Å². The van der Waals surface area contributed by atoms with E-state index in [0.29, 0.717) is 29.0 Å². The Balaban J connectivity index is 1.46. The lowest BCUT2D eigenvalue weighted by molar-refractivity contribution is 0.325. The first kappa shape index (κ1) is 15.5. The number of nitrogens with one attached hydrogen (secondary N) is 2. The summed E-state index contributed by atoms with van der Waals surface area (Å²) in [6.07, 6.45) is 11.2. The highest BCUT2D eigenvalue weighted by Gasteiger charge is 2.28. The maximum Gasteiger partial charge on any atom is 0.241 e. The molecule has 4 aromatic heterocycles. The number of hydrogen-bond acceptors (Lipinski definition) is 6. The van der Waals surface area contributed by atoms with Gasteiger partial charge in [0.1, 0.15) is 5.15 Å². The van der Waals surface area contributed by atoms with Crippen molar-refractivity contribution in [1.82, 2.24) is 34.3 Å². The van der Waals surface area contributed by atoms with Gasteiger partial charge in [-0.3, -0.25) is 4.40 Å². The first-order chi connectivity index (χ1) is 12.7. The molecule has 26 heavy (non-hydrogen) atoms. The van der Waals surface area contributed by atoms with Crippen LogP contribution in [-0.2, 0) is 0 Å². The molecule has 1 fully saturated rings. The number of halogens is 1. The predicted octanol–water partition coefficient (Wildman–Crippen LogP) is 2.25. The number of imidazole rings is 1. The number of hydrogen-bond donors (Lipinski definition) is 2. The Kier molecular flexibility index (Phi) is 3.54. The molecule has 0 unspecified atom stereocenters. The molecule has 1 saturated carbocycles. The smallest absolute Gasteiger partial charge is 0.241 e. The minimum atomic E-state index is 0.426. The Bertz CT molecular complexity index is 1090. The van der Waals surface area contributed by atoms with Gasteiger partial charge in [-0.25, -0.2) is 19.5 Å². The average molecular weight is 369 g/mol. The van der Waals surface area contributed by atoms with Crippen molar-refractivity contribution >= 4 is 28.8 Å². The Morgan fingerprint density at radius 3 is 2.81 bits per heavy atom. The lowest BCUT2D eigenvalue weighted by atomic mass is 9.87. The summed E-state index contributed by atoms with van der Waals surface area (Å²) in [6.45, 7) is 0. The fourth-order valence-electron chi connectivity index (χ4n) is 3.35. The molecular formula is C17H17ClN8. The van der Waals surface area contributed by atoms with E-state index in [0.717, 1.165) is 29.5 Å². The molecule has 0 atom stereocenters. The standard InChI is InChI=1S/C17H17ClN8/c1-19-11-4-12(5-11)23-16-20-7-14-13(2-3-26(14)24-16)10-6-21-17-22-8-15(18)25(17)9-10/h2-3,6-9,11-12,19H,4-5H2,1H3,(H,23,24). The van der Waals surface area contributed by atoms with E-state index >= 15 is 0 Å². The van der Waals surface area contributed by atoms with Crippen LogP contribution in [0.15, 0.2) is 37.1 Å². The second kappa shape index (κ2) is 5.93. The van der Waals surface area contributed by atoms with Crippen molar-refractivity contribution in [2.24, 2.45) is 0 Å². The number of rotatable bonds is 4. The van der Waals surface area contributed by atoms with Crippen molar-refractivity contribution in [3.05, 3.63) is 42.2 Å². The topological polar surface area (TPSA) is 84.4 Å². The van der Waals surface area contributed by atoms with Gasteiger partial charge in [0.15, 0.2) is 0 Å². The molecule has 132 valence electrons. The molecule has 1 aliphatic rings. The maximum atomic E-state index is 6.15. The van der Waals surface area contributed by atoms with Gasteiger partial charge in [-0.2, -0.15) is 0 Å². The molecule has 0 amide bonds. The van der Waals surface area contributed by atoms with Crippen LogP contribution in [-0.4, -0.2) is 48.1 Å². The molecule has 8 nitrogen and oxygen atoms in total. The Morgan fingerprint density at radius 2 is 1.96 bits per heavy atom. The lowest BCUT2D eigenvalue weighted by Crippen LogP contribution is -2.46. The maximum absolute atomic E-state index is 6.15. The van der Waals surface area contributed by atoms with E-state index in [2.05, 4.69) is 30.7 Å². The van der Waals surface area contributed by atoms with Gasteiger partial charge >= 0.3 is 0 Å². The number of anilines is 1. The zero-order valence-electron chi connectivity index (χ0n) is 14.1. The van der Waals surface area contributed by atoms with E-state index < -0.39 is 0 Å².